The summed E-state index contributed by atoms with van der Waals surface area (Å²) in [4.78, 5) is 22.8. The Morgan fingerprint density at radius 1 is 1.06 bits per heavy atom. The van der Waals surface area contributed by atoms with E-state index in [2.05, 4.69) is 0 Å². The van der Waals surface area contributed by atoms with Crippen molar-refractivity contribution in [3.05, 3.63) is 0 Å². The van der Waals surface area contributed by atoms with Crippen molar-refractivity contribution in [1.29, 1.82) is 0 Å². The molecule has 0 aromatic rings. The lowest BCUT2D eigenvalue weighted by Crippen LogP contribution is -2.48. The first-order chi connectivity index (χ1) is 7.93. The molecule has 0 radical (unpaired) electrons. The Morgan fingerprint density at radius 2 is 1.53 bits per heavy atom. The van der Waals surface area contributed by atoms with Gasteiger partial charge < -0.3 is 26.2 Å². The lowest BCUT2D eigenvalue weighted by Gasteiger charge is -2.28. The average molecular weight is 250 g/mol. The zero-order valence-corrected chi connectivity index (χ0v) is 9.32. The lowest BCUT2D eigenvalue weighted by molar-refractivity contribution is -0.145. The van der Waals surface area contributed by atoms with E-state index in [1.54, 1.807) is 0 Å². The minimum absolute atomic E-state index is 0.0316. The molecule has 0 aromatic heterocycles. The van der Waals surface area contributed by atoms with Crippen molar-refractivity contribution in [3.8, 4) is 0 Å². The molecule has 0 spiro atoms. The van der Waals surface area contributed by atoms with Crippen molar-refractivity contribution in [1.82, 2.24) is 4.90 Å². The number of nitrogens with two attached hydrogens (primary N) is 1. The summed E-state index contributed by atoms with van der Waals surface area (Å²) in [6.45, 7) is -0.508. The largest absolute Gasteiger partial charge is 0.480 e. The van der Waals surface area contributed by atoms with Gasteiger partial charge in [-0.1, -0.05) is 0 Å². The second-order valence-electron chi connectivity index (χ2n) is 3.52. The quantitative estimate of drug-likeness (QED) is 0.303. The van der Waals surface area contributed by atoms with E-state index in [1.165, 1.54) is 4.90 Å². The highest BCUT2D eigenvalue weighted by molar-refractivity contribution is 5.77. The average Bonchev–Trinajstić information content (AvgIpc) is 2.24. The van der Waals surface area contributed by atoms with Gasteiger partial charge in [-0.05, 0) is 6.42 Å². The minimum Gasteiger partial charge on any atom is -0.480 e. The summed E-state index contributed by atoms with van der Waals surface area (Å²) in [7, 11) is 0. The fourth-order valence-corrected chi connectivity index (χ4v) is 1.43. The maximum atomic E-state index is 11.0. The van der Waals surface area contributed by atoms with Crippen LogP contribution in [-0.4, -0.2) is 75.7 Å². The van der Waals surface area contributed by atoms with Crippen LogP contribution in [0.3, 0.4) is 0 Å². The second-order valence-corrected chi connectivity index (χ2v) is 3.52. The molecule has 2 unspecified atom stereocenters. The molecule has 0 amide bonds. The molecule has 0 saturated heterocycles. The number of carbonyl (C=O) groups is 2. The number of hydrogen-bond donors (Lipinski definition) is 5. The Hall–Kier alpha value is -1.22. The number of carboxylic acid groups (broad SMARTS) is 2. The van der Waals surface area contributed by atoms with E-state index in [0.29, 0.717) is 0 Å². The van der Waals surface area contributed by atoms with Crippen LogP contribution in [-0.2, 0) is 9.59 Å². The molecule has 0 aliphatic carbocycles. The number of hydrogen-bond acceptors (Lipinski definition) is 6. The first-order valence-corrected chi connectivity index (χ1v) is 5.11. The molecule has 0 aliphatic heterocycles. The van der Waals surface area contributed by atoms with Gasteiger partial charge in [0.1, 0.15) is 12.1 Å². The SMILES string of the molecule is NC(CC(C(=O)O)N(CCO)CCO)C(=O)O. The van der Waals surface area contributed by atoms with Crippen LogP contribution in [0, 0.1) is 0 Å². The van der Waals surface area contributed by atoms with Crippen molar-refractivity contribution in [2.24, 2.45) is 5.73 Å². The Bertz CT molecular complexity index is 254. The highest BCUT2D eigenvalue weighted by atomic mass is 16.4. The molecule has 0 aromatic carbocycles. The van der Waals surface area contributed by atoms with Crippen molar-refractivity contribution in [2.75, 3.05) is 26.3 Å². The second kappa shape index (κ2) is 7.96. The molecule has 8 heteroatoms. The first kappa shape index (κ1) is 15.8. The third kappa shape index (κ3) is 5.59. The minimum atomic E-state index is -1.30. The van der Waals surface area contributed by atoms with Gasteiger partial charge in [-0.2, -0.15) is 0 Å². The standard InChI is InChI=1S/C9H18N2O6/c10-6(8(14)15)5-7(9(16)17)11(1-3-12)2-4-13/h6-7,12-13H,1-5,10H2,(H,14,15)(H,16,17). The molecule has 6 N–H and O–H groups in total. The maximum absolute atomic E-state index is 11.0. The van der Waals surface area contributed by atoms with E-state index >= 15 is 0 Å². The summed E-state index contributed by atoms with van der Waals surface area (Å²) in [5.74, 6) is -2.52. The summed E-state index contributed by atoms with van der Waals surface area (Å²) in [5.41, 5.74) is 5.27. The Balaban J connectivity index is 4.66. The number of aliphatic hydroxyl groups is 2. The zero-order valence-electron chi connectivity index (χ0n) is 9.32. The summed E-state index contributed by atoms with van der Waals surface area (Å²) in [6, 6.07) is -2.43. The molecule has 2 atom stereocenters. The van der Waals surface area contributed by atoms with Crippen molar-refractivity contribution in [2.45, 2.75) is 18.5 Å². The van der Waals surface area contributed by atoms with E-state index in [-0.39, 0.29) is 32.7 Å². The molecular formula is C9H18N2O6. The highest BCUT2D eigenvalue weighted by Crippen LogP contribution is 2.07. The third-order valence-corrected chi connectivity index (χ3v) is 2.29. The Labute approximate surface area is 98.3 Å². The van der Waals surface area contributed by atoms with Crippen molar-refractivity contribution < 1.29 is 30.0 Å². The maximum Gasteiger partial charge on any atom is 0.320 e. The van der Waals surface area contributed by atoms with E-state index in [4.69, 9.17) is 26.2 Å². The van der Waals surface area contributed by atoms with Crippen LogP contribution in [0.1, 0.15) is 6.42 Å². The molecule has 0 fully saturated rings. The van der Waals surface area contributed by atoms with E-state index in [0.717, 1.165) is 0 Å². The van der Waals surface area contributed by atoms with Gasteiger partial charge in [0, 0.05) is 13.1 Å². The van der Waals surface area contributed by atoms with E-state index in [9.17, 15) is 9.59 Å². The van der Waals surface area contributed by atoms with Gasteiger partial charge in [0.25, 0.3) is 0 Å². The lowest BCUT2D eigenvalue weighted by atomic mass is 10.1. The van der Waals surface area contributed by atoms with Crippen molar-refractivity contribution in [3.63, 3.8) is 0 Å². The normalized spacial score (nSPS) is 14.6. The first-order valence-electron chi connectivity index (χ1n) is 5.11. The molecule has 17 heavy (non-hydrogen) atoms. The van der Waals surface area contributed by atoms with Crippen LogP contribution >= 0.6 is 0 Å². The topological polar surface area (TPSA) is 144 Å². The summed E-state index contributed by atoms with van der Waals surface area (Å²) in [6.07, 6.45) is -0.287. The molecule has 0 saturated carbocycles. The summed E-state index contributed by atoms with van der Waals surface area (Å²) < 4.78 is 0. The third-order valence-electron chi connectivity index (χ3n) is 2.29. The molecule has 0 bridgehead atoms. The Kier molecular flexibility index (Phi) is 7.39. The highest BCUT2D eigenvalue weighted by Gasteiger charge is 2.29. The van der Waals surface area contributed by atoms with Gasteiger partial charge in [-0.25, -0.2) is 0 Å². The van der Waals surface area contributed by atoms with Crippen LogP contribution in [0.5, 0.6) is 0 Å². The van der Waals surface area contributed by atoms with Crippen LogP contribution in [0.15, 0.2) is 0 Å². The smallest absolute Gasteiger partial charge is 0.320 e. The molecular weight excluding hydrogens is 232 g/mol. The van der Waals surface area contributed by atoms with Crippen LogP contribution in [0.25, 0.3) is 0 Å². The zero-order chi connectivity index (χ0) is 13.4. The monoisotopic (exact) mass is 250 g/mol. The van der Waals surface area contributed by atoms with Gasteiger partial charge in [0.15, 0.2) is 0 Å². The van der Waals surface area contributed by atoms with Gasteiger partial charge in [-0.3, -0.25) is 14.5 Å². The van der Waals surface area contributed by atoms with Crippen LogP contribution in [0.2, 0.25) is 0 Å². The van der Waals surface area contributed by atoms with Crippen molar-refractivity contribution >= 4 is 11.9 Å². The molecule has 0 heterocycles. The number of carboxylic acids is 2. The fourth-order valence-electron chi connectivity index (χ4n) is 1.43. The van der Waals surface area contributed by atoms with Gasteiger partial charge in [0.2, 0.25) is 0 Å². The number of nitrogens with zero attached hydrogens (tertiary/aromatic N) is 1. The van der Waals surface area contributed by atoms with Gasteiger partial charge in [0.05, 0.1) is 13.2 Å². The van der Waals surface area contributed by atoms with Gasteiger partial charge >= 0.3 is 11.9 Å². The summed E-state index contributed by atoms with van der Waals surface area (Å²) >= 11 is 0. The molecule has 0 aliphatic rings. The number of aliphatic hydroxyl groups excluding tert-OH is 2. The van der Waals surface area contributed by atoms with E-state index in [1.807, 2.05) is 0 Å². The molecule has 8 nitrogen and oxygen atoms in total. The fraction of sp³-hybridized carbons (Fsp3) is 0.778. The molecule has 100 valence electrons. The van der Waals surface area contributed by atoms with Gasteiger partial charge in [-0.15, -0.1) is 0 Å². The number of rotatable bonds is 9. The molecule has 0 rings (SSSR count). The number of aliphatic carboxylic acids is 2. The predicted molar refractivity (Wildman–Crippen MR) is 57.4 cm³/mol. The van der Waals surface area contributed by atoms with Crippen LogP contribution in [0.4, 0.5) is 0 Å². The predicted octanol–water partition coefficient (Wildman–Crippen LogP) is -2.47. The van der Waals surface area contributed by atoms with Crippen LogP contribution < -0.4 is 5.73 Å². The Morgan fingerprint density at radius 3 is 1.82 bits per heavy atom. The summed E-state index contributed by atoms with van der Waals surface area (Å²) in [5, 5.41) is 35.1. The van der Waals surface area contributed by atoms with E-state index < -0.39 is 24.0 Å².